The minimum absolute atomic E-state index is 0.579. The van der Waals surface area contributed by atoms with Gasteiger partial charge in [0.25, 0.3) is 0 Å². The second-order valence-corrected chi connectivity index (χ2v) is 5.73. The minimum Gasteiger partial charge on any atom is -0.383 e. The van der Waals surface area contributed by atoms with Crippen LogP contribution < -0.4 is 5.73 Å². The summed E-state index contributed by atoms with van der Waals surface area (Å²) in [6.45, 7) is 0. The van der Waals surface area contributed by atoms with Crippen LogP contribution in [0.25, 0.3) is 11.1 Å². The van der Waals surface area contributed by atoms with Crippen molar-refractivity contribution in [3.05, 3.63) is 34.4 Å². The maximum absolute atomic E-state index is 6.20. The van der Waals surface area contributed by atoms with Gasteiger partial charge < -0.3 is 5.73 Å². The number of anilines is 1. The Morgan fingerprint density at radius 3 is 2.67 bits per heavy atom. The first-order valence-corrected chi connectivity index (χ1v) is 7.05. The molecule has 3 nitrogen and oxygen atoms in total. The van der Waals surface area contributed by atoms with E-state index in [2.05, 4.69) is 27.1 Å². The molecular weight excluding hydrogens is 290 g/mol. The minimum atomic E-state index is 0.579. The Bertz CT molecular complexity index is 585. The van der Waals surface area contributed by atoms with Crippen molar-refractivity contribution < 1.29 is 0 Å². The van der Waals surface area contributed by atoms with Gasteiger partial charge >= 0.3 is 0 Å². The third kappa shape index (κ3) is 1.75. The van der Waals surface area contributed by atoms with E-state index in [1.54, 1.807) is 4.68 Å². The van der Waals surface area contributed by atoms with E-state index in [1.165, 1.54) is 19.3 Å². The van der Waals surface area contributed by atoms with Gasteiger partial charge in [0.1, 0.15) is 5.82 Å². The van der Waals surface area contributed by atoms with Crippen LogP contribution in [0.4, 0.5) is 5.82 Å². The molecule has 1 aromatic heterocycles. The van der Waals surface area contributed by atoms with Crippen molar-refractivity contribution in [3.63, 3.8) is 0 Å². The molecule has 18 heavy (non-hydrogen) atoms. The molecule has 2 N–H and O–H groups in total. The van der Waals surface area contributed by atoms with Crippen LogP contribution >= 0.6 is 15.9 Å². The molecule has 1 heterocycles. The Balaban J connectivity index is 2.18. The Labute approximate surface area is 115 Å². The van der Waals surface area contributed by atoms with Crippen LogP contribution in [-0.4, -0.2) is 9.78 Å². The number of rotatable bonds is 2. The van der Waals surface area contributed by atoms with E-state index < -0.39 is 0 Å². The average Bonchev–Trinajstić information content (AvgIpc) is 2.55. The largest absolute Gasteiger partial charge is 0.383 e. The topological polar surface area (TPSA) is 43.8 Å². The van der Waals surface area contributed by atoms with E-state index in [0.29, 0.717) is 5.92 Å². The van der Waals surface area contributed by atoms with Crippen molar-refractivity contribution in [2.24, 2.45) is 7.05 Å². The number of hydrogen-bond acceptors (Lipinski definition) is 2. The highest BCUT2D eigenvalue weighted by molar-refractivity contribution is 9.10. The monoisotopic (exact) mass is 305 g/mol. The number of benzene rings is 1. The van der Waals surface area contributed by atoms with Crippen molar-refractivity contribution in [1.82, 2.24) is 9.78 Å². The van der Waals surface area contributed by atoms with Gasteiger partial charge in [-0.25, -0.2) is 0 Å². The van der Waals surface area contributed by atoms with Gasteiger partial charge in [0.05, 0.1) is 5.69 Å². The van der Waals surface area contributed by atoms with Crippen LogP contribution in [0.3, 0.4) is 0 Å². The fraction of sp³-hybridized carbons (Fsp3) is 0.357. The third-order valence-electron chi connectivity index (χ3n) is 3.75. The molecule has 1 aromatic carbocycles. The summed E-state index contributed by atoms with van der Waals surface area (Å²) in [6, 6.07) is 8.20. The van der Waals surface area contributed by atoms with E-state index in [1.807, 2.05) is 25.2 Å². The van der Waals surface area contributed by atoms with Crippen molar-refractivity contribution in [2.75, 3.05) is 5.73 Å². The first kappa shape index (κ1) is 11.8. The highest BCUT2D eigenvalue weighted by Crippen LogP contribution is 2.44. The van der Waals surface area contributed by atoms with Gasteiger partial charge in [-0.1, -0.05) is 40.5 Å². The average molecular weight is 306 g/mol. The predicted molar refractivity (Wildman–Crippen MR) is 77.3 cm³/mol. The molecule has 0 bridgehead atoms. The zero-order valence-electron chi connectivity index (χ0n) is 10.4. The van der Waals surface area contributed by atoms with Crippen molar-refractivity contribution in [1.29, 1.82) is 0 Å². The van der Waals surface area contributed by atoms with Crippen molar-refractivity contribution in [2.45, 2.75) is 25.2 Å². The quantitative estimate of drug-likeness (QED) is 0.919. The SMILES string of the molecule is Cn1nc(C2CCC2)c(-c2ccccc2Br)c1N. The second kappa shape index (κ2) is 4.43. The van der Waals surface area contributed by atoms with E-state index in [-0.39, 0.29) is 0 Å². The molecule has 0 saturated heterocycles. The number of halogens is 1. The molecule has 1 aliphatic carbocycles. The standard InChI is InChI=1S/C14H16BrN3/c1-18-14(16)12(10-7-2-3-8-11(10)15)13(17-18)9-5-4-6-9/h2-3,7-9H,4-6,16H2,1H3. The van der Waals surface area contributed by atoms with Gasteiger partial charge in [0.15, 0.2) is 0 Å². The van der Waals surface area contributed by atoms with E-state index in [9.17, 15) is 0 Å². The maximum atomic E-state index is 6.20. The van der Waals surface area contributed by atoms with Crippen LogP contribution in [0, 0.1) is 0 Å². The number of aryl methyl sites for hydroxylation is 1. The molecule has 3 rings (SSSR count). The van der Waals surface area contributed by atoms with Crippen LogP contribution in [0.15, 0.2) is 28.7 Å². The Hall–Kier alpha value is -1.29. The summed E-state index contributed by atoms with van der Waals surface area (Å²) in [5.74, 6) is 1.33. The Morgan fingerprint density at radius 1 is 1.33 bits per heavy atom. The van der Waals surface area contributed by atoms with Crippen LogP contribution in [0.1, 0.15) is 30.9 Å². The zero-order valence-corrected chi connectivity index (χ0v) is 11.9. The molecule has 0 aliphatic heterocycles. The molecular formula is C14H16BrN3. The van der Waals surface area contributed by atoms with Crippen molar-refractivity contribution >= 4 is 21.7 Å². The lowest BCUT2D eigenvalue weighted by Gasteiger charge is -2.24. The fourth-order valence-electron chi connectivity index (χ4n) is 2.47. The summed E-state index contributed by atoms with van der Waals surface area (Å²) in [7, 11) is 1.91. The van der Waals surface area contributed by atoms with Crippen LogP contribution in [0.5, 0.6) is 0 Å². The lowest BCUT2D eigenvalue weighted by molar-refractivity contribution is 0.408. The van der Waals surface area contributed by atoms with Gasteiger partial charge in [-0.15, -0.1) is 0 Å². The summed E-state index contributed by atoms with van der Waals surface area (Å²) in [6.07, 6.45) is 3.76. The summed E-state index contributed by atoms with van der Waals surface area (Å²) in [5.41, 5.74) is 9.61. The summed E-state index contributed by atoms with van der Waals surface area (Å²) in [5, 5.41) is 4.62. The summed E-state index contributed by atoms with van der Waals surface area (Å²) >= 11 is 3.61. The van der Waals surface area contributed by atoms with E-state index in [0.717, 1.165) is 27.1 Å². The van der Waals surface area contributed by atoms with Gasteiger partial charge in [-0.05, 0) is 18.9 Å². The van der Waals surface area contributed by atoms with Crippen LogP contribution in [-0.2, 0) is 7.05 Å². The van der Waals surface area contributed by atoms with Crippen LogP contribution in [0.2, 0.25) is 0 Å². The molecule has 0 radical (unpaired) electrons. The van der Waals surface area contributed by atoms with Crippen molar-refractivity contribution in [3.8, 4) is 11.1 Å². The zero-order chi connectivity index (χ0) is 12.7. The molecule has 94 valence electrons. The molecule has 0 spiro atoms. The number of aromatic nitrogens is 2. The molecule has 2 aromatic rings. The third-order valence-corrected chi connectivity index (χ3v) is 4.45. The lowest BCUT2D eigenvalue weighted by atomic mass is 9.80. The first-order valence-electron chi connectivity index (χ1n) is 6.25. The number of nitrogens with two attached hydrogens (primary N) is 1. The van der Waals surface area contributed by atoms with Gasteiger partial charge in [0.2, 0.25) is 0 Å². The molecule has 4 heteroatoms. The smallest absolute Gasteiger partial charge is 0.129 e. The van der Waals surface area contributed by atoms with E-state index in [4.69, 9.17) is 5.73 Å². The molecule has 0 atom stereocenters. The highest BCUT2D eigenvalue weighted by Gasteiger charge is 2.28. The normalized spacial score (nSPS) is 15.7. The molecule has 0 amide bonds. The summed E-state index contributed by atoms with van der Waals surface area (Å²) < 4.78 is 2.87. The number of nitrogen functional groups attached to an aromatic ring is 1. The lowest BCUT2D eigenvalue weighted by Crippen LogP contribution is -2.10. The summed E-state index contributed by atoms with van der Waals surface area (Å²) in [4.78, 5) is 0. The second-order valence-electron chi connectivity index (χ2n) is 4.88. The van der Waals surface area contributed by atoms with E-state index >= 15 is 0 Å². The first-order chi connectivity index (χ1) is 8.68. The fourth-order valence-corrected chi connectivity index (χ4v) is 2.95. The maximum Gasteiger partial charge on any atom is 0.129 e. The Kier molecular flexibility index (Phi) is 2.90. The number of hydrogen-bond donors (Lipinski definition) is 1. The predicted octanol–water partition coefficient (Wildman–Crippen LogP) is 3.70. The van der Waals surface area contributed by atoms with Gasteiger partial charge in [-0.3, -0.25) is 4.68 Å². The van der Waals surface area contributed by atoms with Gasteiger partial charge in [-0.2, -0.15) is 5.10 Å². The molecule has 1 saturated carbocycles. The Morgan fingerprint density at radius 2 is 2.06 bits per heavy atom. The molecule has 1 aliphatic rings. The molecule has 1 fully saturated rings. The molecule has 0 unspecified atom stereocenters. The van der Waals surface area contributed by atoms with Gasteiger partial charge in [0, 0.05) is 28.6 Å². The highest BCUT2D eigenvalue weighted by atomic mass is 79.9. The number of nitrogens with zero attached hydrogens (tertiary/aromatic N) is 2.